The van der Waals surface area contributed by atoms with Gasteiger partial charge in [0, 0.05) is 38.3 Å². The van der Waals surface area contributed by atoms with E-state index in [4.69, 9.17) is 4.74 Å². The summed E-state index contributed by atoms with van der Waals surface area (Å²) in [6.45, 7) is 10.3. The maximum Gasteiger partial charge on any atom is 0.0852 e. The summed E-state index contributed by atoms with van der Waals surface area (Å²) in [6, 6.07) is 11.2. The van der Waals surface area contributed by atoms with Gasteiger partial charge in [0.05, 0.1) is 12.7 Å². The van der Waals surface area contributed by atoms with Crippen molar-refractivity contribution in [3.8, 4) is 0 Å². The van der Waals surface area contributed by atoms with Crippen molar-refractivity contribution in [3.63, 3.8) is 0 Å². The van der Waals surface area contributed by atoms with E-state index >= 15 is 0 Å². The largest absolute Gasteiger partial charge is 0.396 e. The summed E-state index contributed by atoms with van der Waals surface area (Å²) in [4.78, 5) is 2.46. The van der Waals surface area contributed by atoms with Gasteiger partial charge in [-0.15, -0.1) is 0 Å². The topological polar surface area (TPSA) is 44.7 Å². The fourth-order valence-corrected chi connectivity index (χ4v) is 2.86. The Morgan fingerprint density at radius 2 is 2.00 bits per heavy atom. The summed E-state index contributed by atoms with van der Waals surface area (Å²) in [5.74, 6) is 0.256. The first-order valence-electron chi connectivity index (χ1n) is 8.35. The Balaban J connectivity index is 1.84. The van der Waals surface area contributed by atoms with E-state index < -0.39 is 0 Å². The maximum absolute atomic E-state index is 9.26. The van der Waals surface area contributed by atoms with Crippen LogP contribution in [0.4, 0.5) is 0 Å². The number of rotatable bonds is 7. The number of nitrogens with one attached hydrogen (secondary N) is 1. The van der Waals surface area contributed by atoms with Crippen molar-refractivity contribution in [1.29, 1.82) is 0 Å². The van der Waals surface area contributed by atoms with Crippen molar-refractivity contribution in [2.75, 3.05) is 26.3 Å². The average Bonchev–Trinajstić information content (AvgIpc) is 2.55. The second kappa shape index (κ2) is 8.63. The Morgan fingerprint density at radius 3 is 2.68 bits per heavy atom. The molecule has 0 aliphatic carbocycles. The Labute approximate surface area is 134 Å². The van der Waals surface area contributed by atoms with Crippen LogP contribution < -0.4 is 5.32 Å². The smallest absolute Gasteiger partial charge is 0.0852 e. The third kappa shape index (κ3) is 5.06. The van der Waals surface area contributed by atoms with Crippen LogP contribution in [-0.2, 0) is 11.3 Å². The van der Waals surface area contributed by atoms with Gasteiger partial charge in [-0.3, -0.25) is 4.90 Å². The molecule has 0 aromatic heterocycles. The maximum atomic E-state index is 9.26. The zero-order valence-corrected chi connectivity index (χ0v) is 14.0. The van der Waals surface area contributed by atoms with Crippen LogP contribution in [0.25, 0.3) is 0 Å². The van der Waals surface area contributed by atoms with Crippen LogP contribution in [-0.4, -0.2) is 54.5 Å². The van der Waals surface area contributed by atoms with Gasteiger partial charge >= 0.3 is 0 Å². The summed E-state index contributed by atoms with van der Waals surface area (Å²) in [5.41, 5.74) is 1.35. The molecule has 4 nitrogen and oxygen atoms in total. The predicted octanol–water partition coefficient (Wildman–Crippen LogP) is 1.88. The Morgan fingerprint density at radius 1 is 1.27 bits per heavy atom. The summed E-state index contributed by atoms with van der Waals surface area (Å²) in [7, 11) is 0. The second-order valence-corrected chi connectivity index (χ2v) is 6.53. The summed E-state index contributed by atoms with van der Waals surface area (Å²) < 4.78 is 5.96. The number of hydrogen-bond donors (Lipinski definition) is 2. The minimum absolute atomic E-state index is 0.200. The van der Waals surface area contributed by atoms with Crippen LogP contribution in [0.15, 0.2) is 30.3 Å². The molecule has 1 aromatic carbocycles. The van der Waals surface area contributed by atoms with Crippen molar-refractivity contribution in [3.05, 3.63) is 35.9 Å². The average molecular weight is 306 g/mol. The molecule has 0 saturated carbocycles. The van der Waals surface area contributed by atoms with Gasteiger partial charge in [0.25, 0.3) is 0 Å². The number of benzene rings is 1. The van der Waals surface area contributed by atoms with Crippen LogP contribution in [0.1, 0.15) is 26.3 Å². The highest BCUT2D eigenvalue weighted by atomic mass is 16.5. The molecule has 1 aliphatic heterocycles. The fourth-order valence-electron chi connectivity index (χ4n) is 2.86. The van der Waals surface area contributed by atoms with Gasteiger partial charge in [0.2, 0.25) is 0 Å². The minimum Gasteiger partial charge on any atom is -0.396 e. The lowest BCUT2D eigenvalue weighted by molar-refractivity contribution is -0.0486. The second-order valence-electron chi connectivity index (χ2n) is 6.53. The molecule has 1 fully saturated rings. The number of hydrogen-bond acceptors (Lipinski definition) is 4. The lowest BCUT2D eigenvalue weighted by Gasteiger charge is -2.37. The van der Waals surface area contributed by atoms with E-state index in [-0.39, 0.29) is 30.7 Å². The van der Waals surface area contributed by atoms with E-state index in [9.17, 15) is 5.11 Å². The van der Waals surface area contributed by atoms with Crippen molar-refractivity contribution in [1.82, 2.24) is 10.2 Å². The highest BCUT2D eigenvalue weighted by molar-refractivity contribution is 5.14. The van der Waals surface area contributed by atoms with E-state index in [0.717, 1.165) is 26.2 Å². The highest BCUT2D eigenvalue weighted by Gasteiger charge is 2.27. The molecule has 4 unspecified atom stereocenters. The molecule has 2 rings (SSSR count). The van der Waals surface area contributed by atoms with E-state index in [1.807, 2.05) is 0 Å². The molecular weight excluding hydrogens is 276 g/mol. The molecule has 124 valence electrons. The normalized spacial score (nSPS) is 23.9. The molecule has 0 radical (unpaired) electrons. The third-order valence-electron chi connectivity index (χ3n) is 4.65. The van der Waals surface area contributed by atoms with Gasteiger partial charge in [-0.1, -0.05) is 37.3 Å². The summed E-state index contributed by atoms with van der Waals surface area (Å²) >= 11 is 0. The van der Waals surface area contributed by atoms with Gasteiger partial charge < -0.3 is 15.2 Å². The molecule has 1 aromatic rings. The molecular formula is C18H30N2O2. The Bertz CT molecular complexity index is 426. The molecule has 4 atom stereocenters. The van der Waals surface area contributed by atoms with Crippen molar-refractivity contribution >= 4 is 0 Å². The molecule has 0 amide bonds. The Kier molecular flexibility index (Phi) is 6.83. The number of aliphatic hydroxyl groups excluding tert-OH is 1. The fraction of sp³-hybridized carbons (Fsp3) is 0.667. The highest BCUT2D eigenvalue weighted by Crippen LogP contribution is 2.14. The molecule has 1 heterocycles. The van der Waals surface area contributed by atoms with Crippen LogP contribution in [0.5, 0.6) is 0 Å². The van der Waals surface area contributed by atoms with Crippen LogP contribution in [0, 0.1) is 5.92 Å². The van der Waals surface area contributed by atoms with Crippen LogP contribution >= 0.6 is 0 Å². The van der Waals surface area contributed by atoms with Crippen molar-refractivity contribution < 1.29 is 9.84 Å². The lowest BCUT2D eigenvalue weighted by atomic mass is 10.0. The monoisotopic (exact) mass is 306 g/mol. The zero-order valence-electron chi connectivity index (χ0n) is 14.0. The Hall–Kier alpha value is -0.940. The van der Waals surface area contributed by atoms with E-state index in [0.29, 0.717) is 0 Å². The van der Waals surface area contributed by atoms with Crippen LogP contribution in [0.3, 0.4) is 0 Å². The first-order chi connectivity index (χ1) is 10.6. The van der Waals surface area contributed by atoms with Gasteiger partial charge in [-0.05, 0) is 25.3 Å². The van der Waals surface area contributed by atoms with Gasteiger partial charge in [0.15, 0.2) is 0 Å². The molecule has 1 aliphatic rings. The quantitative estimate of drug-likeness (QED) is 0.807. The minimum atomic E-state index is 0.200. The van der Waals surface area contributed by atoms with E-state index in [1.54, 1.807) is 0 Å². The SMILES string of the molecule is CC(CO)C(C)NC(C)C1CN(Cc2ccccc2)CCO1. The molecule has 4 heteroatoms. The van der Waals surface area contributed by atoms with Crippen LogP contribution in [0.2, 0.25) is 0 Å². The summed E-state index contributed by atoms with van der Waals surface area (Å²) in [5, 5.41) is 12.8. The van der Waals surface area contributed by atoms with E-state index in [1.165, 1.54) is 5.56 Å². The summed E-state index contributed by atoms with van der Waals surface area (Å²) in [6.07, 6.45) is 0.200. The first kappa shape index (κ1) is 17.4. The number of nitrogens with zero attached hydrogens (tertiary/aromatic N) is 1. The number of aliphatic hydroxyl groups is 1. The molecule has 0 spiro atoms. The van der Waals surface area contributed by atoms with Crippen molar-refractivity contribution in [2.45, 2.75) is 45.5 Å². The van der Waals surface area contributed by atoms with Gasteiger partial charge in [-0.2, -0.15) is 0 Å². The molecule has 2 N–H and O–H groups in total. The number of morpholine rings is 1. The zero-order chi connectivity index (χ0) is 15.9. The molecule has 0 bridgehead atoms. The van der Waals surface area contributed by atoms with Crippen molar-refractivity contribution in [2.24, 2.45) is 5.92 Å². The first-order valence-corrected chi connectivity index (χ1v) is 8.35. The van der Waals surface area contributed by atoms with Gasteiger partial charge in [0.1, 0.15) is 0 Å². The van der Waals surface area contributed by atoms with Gasteiger partial charge in [-0.25, -0.2) is 0 Å². The standard InChI is InChI=1S/C18H30N2O2/c1-14(13-21)15(2)19-16(3)18-12-20(9-10-22-18)11-17-7-5-4-6-8-17/h4-8,14-16,18-19,21H,9-13H2,1-3H3. The lowest BCUT2D eigenvalue weighted by Crippen LogP contribution is -2.53. The molecule has 22 heavy (non-hydrogen) atoms. The third-order valence-corrected chi connectivity index (χ3v) is 4.65. The molecule has 1 saturated heterocycles. The van der Waals surface area contributed by atoms with E-state index in [2.05, 4.69) is 61.3 Å². The number of ether oxygens (including phenoxy) is 1. The predicted molar refractivity (Wildman–Crippen MR) is 89.8 cm³/mol.